The highest BCUT2D eigenvalue weighted by molar-refractivity contribution is 4.88. The third-order valence-corrected chi connectivity index (χ3v) is 4.32. The maximum atomic E-state index is 9.97. The van der Waals surface area contributed by atoms with Crippen LogP contribution in [0, 0.1) is 0 Å². The van der Waals surface area contributed by atoms with Crippen molar-refractivity contribution in [3.63, 3.8) is 0 Å². The topological polar surface area (TPSA) is 79.2 Å². The lowest BCUT2D eigenvalue weighted by molar-refractivity contribution is -0.0730. The Labute approximate surface area is 134 Å². The van der Waals surface area contributed by atoms with Crippen molar-refractivity contribution in [3.05, 3.63) is 0 Å². The molecule has 0 spiro atoms. The monoisotopic (exact) mass is 318 g/mol. The van der Waals surface area contributed by atoms with Crippen LogP contribution in [0.3, 0.4) is 0 Å². The average Bonchev–Trinajstić information content (AvgIpc) is 2.89. The van der Waals surface area contributed by atoms with Crippen LogP contribution in [0.25, 0.3) is 0 Å². The first-order valence-electron chi connectivity index (χ1n) is 8.90. The Balaban J connectivity index is 1.95. The zero-order valence-electron chi connectivity index (χ0n) is 14.0. The predicted molar refractivity (Wildman–Crippen MR) is 85.8 cm³/mol. The fourth-order valence-corrected chi connectivity index (χ4v) is 2.85. The summed E-state index contributed by atoms with van der Waals surface area (Å²) in [5, 5.41) is 28.4. The SMILES string of the molecule is CCCCCCCCCCCO[C@@H]1CO[C@@H]([C@@H](O)CO)[C@H]1O. The standard InChI is InChI=1S/C17H34O5/c1-2-3-4-5-6-7-8-9-10-11-21-15-13-22-17(16(15)20)14(19)12-18/h14-20H,2-13H2,1H3/t14-,15+,16-,17-/m0/s1. The minimum atomic E-state index is -1.05. The van der Waals surface area contributed by atoms with Crippen molar-refractivity contribution in [1.82, 2.24) is 0 Å². The lowest BCUT2D eigenvalue weighted by Gasteiger charge is -2.20. The predicted octanol–water partition coefficient (Wildman–Crippen LogP) is 2.02. The number of ether oxygens (including phenoxy) is 2. The number of rotatable bonds is 13. The highest BCUT2D eigenvalue weighted by atomic mass is 16.6. The molecule has 0 aromatic carbocycles. The molecule has 3 N–H and O–H groups in total. The van der Waals surface area contributed by atoms with Gasteiger partial charge in [0.25, 0.3) is 0 Å². The molecule has 0 aromatic rings. The molecular formula is C17H34O5. The van der Waals surface area contributed by atoms with Gasteiger partial charge in [-0.3, -0.25) is 0 Å². The van der Waals surface area contributed by atoms with Gasteiger partial charge in [-0.25, -0.2) is 0 Å². The molecular weight excluding hydrogens is 284 g/mol. The normalized spacial score (nSPS) is 26.5. The maximum absolute atomic E-state index is 9.97. The Morgan fingerprint density at radius 1 is 1.05 bits per heavy atom. The van der Waals surface area contributed by atoms with Crippen LogP contribution in [0.15, 0.2) is 0 Å². The van der Waals surface area contributed by atoms with E-state index in [-0.39, 0.29) is 12.7 Å². The van der Waals surface area contributed by atoms with Crippen molar-refractivity contribution < 1.29 is 24.8 Å². The van der Waals surface area contributed by atoms with Crippen LogP contribution in [0.2, 0.25) is 0 Å². The molecule has 0 radical (unpaired) electrons. The van der Waals surface area contributed by atoms with Gasteiger partial charge >= 0.3 is 0 Å². The quantitative estimate of drug-likeness (QED) is 0.453. The van der Waals surface area contributed by atoms with Gasteiger partial charge in [0.05, 0.1) is 13.2 Å². The molecule has 132 valence electrons. The highest BCUT2D eigenvalue weighted by Gasteiger charge is 2.40. The van der Waals surface area contributed by atoms with Gasteiger partial charge in [0.1, 0.15) is 24.4 Å². The summed E-state index contributed by atoms with van der Waals surface area (Å²) in [5.41, 5.74) is 0. The molecule has 1 aliphatic rings. The molecule has 1 aliphatic heterocycles. The summed E-state index contributed by atoms with van der Waals surface area (Å²) < 4.78 is 10.9. The summed E-state index contributed by atoms with van der Waals surface area (Å²) in [7, 11) is 0. The van der Waals surface area contributed by atoms with Gasteiger partial charge in [0.2, 0.25) is 0 Å². The van der Waals surface area contributed by atoms with E-state index < -0.39 is 24.9 Å². The number of aliphatic hydroxyl groups is 3. The van der Waals surface area contributed by atoms with Gasteiger partial charge < -0.3 is 24.8 Å². The minimum Gasteiger partial charge on any atom is -0.394 e. The van der Waals surface area contributed by atoms with E-state index in [0.717, 1.165) is 12.8 Å². The summed E-state index contributed by atoms with van der Waals surface area (Å²) >= 11 is 0. The molecule has 0 aromatic heterocycles. The van der Waals surface area contributed by atoms with E-state index in [9.17, 15) is 10.2 Å². The van der Waals surface area contributed by atoms with Crippen LogP contribution in [-0.4, -0.2) is 59.6 Å². The molecule has 1 fully saturated rings. The largest absolute Gasteiger partial charge is 0.394 e. The summed E-state index contributed by atoms with van der Waals surface area (Å²) in [6.45, 7) is 2.72. The Kier molecular flexibility index (Phi) is 11.1. The first-order chi connectivity index (χ1) is 10.7. The van der Waals surface area contributed by atoms with Gasteiger partial charge in [-0.1, -0.05) is 58.3 Å². The Morgan fingerprint density at radius 3 is 2.23 bits per heavy atom. The molecule has 0 aliphatic carbocycles. The first kappa shape index (κ1) is 19.8. The van der Waals surface area contributed by atoms with E-state index in [1.54, 1.807) is 0 Å². The molecule has 1 saturated heterocycles. The summed E-state index contributed by atoms with van der Waals surface area (Å²) in [6, 6.07) is 0. The average molecular weight is 318 g/mol. The lowest BCUT2D eigenvalue weighted by Crippen LogP contribution is -2.41. The smallest absolute Gasteiger partial charge is 0.114 e. The van der Waals surface area contributed by atoms with Crippen molar-refractivity contribution in [2.75, 3.05) is 19.8 Å². The molecule has 22 heavy (non-hydrogen) atoms. The molecule has 1 heterocycles. The van der Waals surface area contributed by atoms with E-state index in [0.29, 0.717) is 6.61 Å². The van der Waals surface area contributed by atoms with Crippen molar-refractivity contribution in [1.29, 1.82) is 0 Å². The zero-order chi connectivity index (χ0) is 16.2. The number of hydrogen-bond donors (Lipinski definition) is 3. The Bertz CT molecular complexity index is 261. The summed E-state index contributed by atoms with van der Waals surface area (Å²) in [5.74, 6) is 0. The molecule has 0 saturated carbocycles. The van der Waals surface area contributed by atoms with Crippen LogP contribution < -0.4 is 0 Å². The van der Waals surface area contributed by atoms with E-state index >= 15 is 0 Å². The van der Waals surface area contributed by atoms with E-state index in [1.807, 2.05) is 0 Å². The zero-order valence-corrected chi connectivity index (χ0v) is 14.0. The lowest BCUT2D eigenvalue weighted by atomic mass is 10.1. The number of hydrogen-bond acceptors (Lipinski definition) is 5. The van der Waals surface area contributed by atoms with Gasteiger partial charge in [0.15, 0.2) is 0 Å². The second kappa shape index (κ2) is 12.3. The summed E-state index contributed by atoms with van der Waals surface area (Å²) in [4.78, 5) is 0. The minimum absolute atomic E-state index is 0.278. The van der Waals surface area contributed by atoms with Crippen molar-refractivity contribution in [3.8, 4) is 0 Å². The van der Waals surface area contributed by atoms with Gasteiger partial charge in [-0.05, 0) is 6.42 Å². The van der Waals surface area contributed by atoms with E-state index in [4.69, 9.17) is 14.6 Å². The molecule has 5 nitrogen and oxygen atoms in total. The molecule has 4 atom stereocenters. The molecule has 5 heteroatoms. The van der Waals surface area contributed by atoms with Gasteiger partial charge in [0, 0.05) is 6.61 Å². The second-order valence-electron chi connectivity index (χ2n) is 6.28. The fraction of sp³-hybridized carbons (Fsp3) is 1.00. The third kappa shape index (κ3) is 7.38. The van der Waals surface area contributed by atoms with Gasteiger partial charge in [-0.15, -0.1) is 0 Å². The molecule has 0 bridgehead atoms. The fourth-order valence-electron chi connectivity index (χ4n) is 2.85. The molecule has 1 rings (SSSR count). The number of aliphatic hydroxyl groups excluding tert-OH is 3. The summed E-state index contributed by atoms with van der Waals surface area (Å²) in [6.07, 6.45) is 8.34. The maximum Gasteiger partial charge on any atom is 0.114 e. The van der Waals surface area contributed by atoms with E-state index in [2.05, 4.69) is 6.92 Å². The Morgan fingerprint density at radius 2 is 1.64 bits per heavy atom. The van der Waals surface area contributed by atoms with Crippen molar-refractivity contribution in [2.45, 2.75) is 89.1 Å². The van der Waals surface area contributed by atoms with E-state index in [1.165, 1.54) is 44.9 Å². The van der Waals surface area contributed by atoms with Gasteiger partial charge in [-0.2, -0.15) is 0 Å². The third-order valence-electron chi connectivity index (χ3n) is 4.32. The number of unbranched alkanes of at least 4 members (excludes halogenated alkanes) is 8. The first-order valence-corrected chi connectivity index (χ1v) is 8.90. The highest BCUT2D eigenvalue weighted by Crippen LogP contribution is 2.20. The van der Waals surface area contributed by atoms with Crippen LogP contribution in [-0.2, 0) is 9.47 Å². The molecule has 0 amide bonds. The second-order valence-corrected chi connectivity index (χ2v) is 6.28. The van der Waals surface area contributed by atoms with Crippen LogP contribution in [0.1, 0.15) is 64.7 Å². The molecule has 0 unspecified atom stereocenters. The Hall–Kier alpha value is -0.200. The van der Waals surface area contributed by atoms with Crippen LogP contribution >= 0.6 is 0 Å². The van der Waals surface area contributed by atoms with Crippen molar-refractivity contribution >= 4 is 0 Å². The van der Waals surface area contributed by atoms with Crippen molar-refractivity contribution in [2.24, 2.45) is 0 Å². The van der Waals surface area contributed by atoms with Crippen LogP contribution in [0.5, 0.6) is 0 Å². The van der Waals surface area contributed by atoms with Crippen LogP contribution in [0.4, 0.5) is 0 Å².